The molecule has 0 aliphatic carbocycles. The Labute approximate surface area is 119 Å². The zero-order valence-corrected chi connectivity index (χ0v) is 12.5. The summed E-state index contributed by atoms with van der Waals surface area (Å²) in [4.78, 5) is 38.5. The number of hydrogen-bond donors (Lipinski definition) is 3. The molecule has 7 heteroatoms. The number of aliphatic carboxylic acids is 1. The average molecular weight is 288 g/mol. The van der Waals surface area contributed by atoms with Crippen LogP contribution in [0.1, 0.15) is 47.0 Å². The van der Waals surface area contributed by atoms with Crippen LogP contribution in [0.25, 0.3) is 0 Å². The highest BCUT2D eigenvalue weighted by atomic mass is 16.4. The van der Waals surface area contributed by atoms with E-state index in [1.54, 1.807) is 0 Å². The van der Waals surface area contributed by atoms with Gasteiger partial charge in [-0.2, -0.15) is 9.59 Å². The van der Waals surface area contributed by atoms with E-state index in [1.807, 2.05) is 6.92 Å². The Bertz CT molecular complexity index is 330. The third kappa shape index (κ3) is 14.2. The number of carbonyl (C=O) groups excluding carboxylic acids is 3. The Hall–Kier alpha value is -1.88. The lowest BCUT2D eigenvalue weighted by atomic mass is 9.92. The van der Waals surface area contributed by atoms with Crippen molar-refractivity contribution in [3.05, 3.63) is 0 Å². The average Bonchev–Trinajstić information content (AvgIpc) is 2.27. The summed E-state index contributed by atoms with van der Waals surface area (Å²) in [7, 11) is 0. The fourth-order valence-electron chi connectivity index (χ4n) is 1.31. The van der Waals surface area contributed by atoms with Crippen LogP contribution in [0.3, 0.4) is 0 Å². The maximum atomic E-state index is 11.4. The molecule has 0 rings (SSSR count). The molecule has 0 aromatic rings. The van der Waals surface area contributed by atoms with Gasteiger partial charge < -0.3 is 15.7 Å². The largest absolute Gasteiger partial charge is 0.480 e. The van der Waals surface area contributed by atoms with Gasteiger partial charge in [0.15, 0.2) is 0 Å². The second-order valence-electron chi connectivity index (χ2n) is 5.47. The lowest BCUT2D eigenvalue weighted by molar-refractivity contribution is -0.191. The second kappa shape index (κ2) is 11.0. The van der Waals surface area contributed by atoms with Gasteiger partial charge in [0.25, 0.3) is 0 Å². The van der Waals surface area contributed by atoms with Crippen LogP contribution in [0.5, 0.6) is 0 Å². The summed E-state index contributed by atoms with van der Waals surface area (Å²) in [6.07, 6.45) is 2.27. The Morgan fingerprint density at radius 3 is 2.10 bits per heavy atom. The van der Waals surface area contributed by atoms with Gasteiger partial charge in [0.1, 0.15) is 6.04 Å². The smallest absolute Gasteiger partial charge is 0.373 e. The number of nitrogens with one attached hydrogen (secondary N) is 2. The molecule has 3 N–H and O–H groups in total. The van der Waals surface area contributed by atoms with Gasteiger partial charge in [-0.1, -0.05) is 34.1 Å². The van der Waals surface area contributed by atoms with Crippen molar-refractivity contribution >= 4 is 18.2 Å². The van der Waals surface area contributed by atoms with Crippen LogP contribution >= 0.6 is 0 Å². The molecule has 2 amide bonds. The highest BCUT2D eigenvalue weighted by Gasteiger charge is 2.18. The Morgan fingerprint density at radius 2 is 1.75 bits per heavy atom. The Morgan fingerprint density at radius 1 is 1.25 bits per heavy atom. The molecule has 0 spiro atoms. The predicted octanol–water partition coefficient (Wildman–Crippen LogP) is 1.39. The summed E-state index contributed by atoms with van der Waals surface area (Å²) in [5, 5.41) is 14.0. The molecule has 0 unspecified atom stereocenters. The van der Waals surface area contributed by atoms with Crippen molar-refractivity contribution < 1.29 is 24.3 Å². The number of carboxylic acid groups (broad SMARTS) is 1. The summed E-state index contributed by atoms with van der Waals surface area (Å²) in [5.74, 6) is -0.988. The molecule has 1 atom stereocenters. The van der Waals surface area contributed by atoms with Gasteiger partial charge in [-0.05, 0) is 18.3 Å². The number of carbonyl (C=O) groups is 2. The molecule has 0 aromatic heterocycles. The van der Waals surface area contributed by atoms with Crippen LogP contribution < -0.4 is 10.6 Å². The van der Waals surface area contributed by atoms with Crippen LogP contribution in [0.4, 0.5) is 4.79 Å². The third-order valence-electron chi connectivity index (χ3n) is 2.34. The second-order valence-corrected chi connectivity index (χ2v) is 5.47. The minimum absolute atomic E-state index is 0.156. The van der Waals surface area contributed by atoms with Gasteiger partial charge in [0, 0.05) is 6.54 Å². The van der Waals surface area contributed by atoms with Crippen LogP contribution in [0.2, 0.25) is 0 Å². The molecule has 20 heavy (non-hydrogen) atoms. The van der Waals surface area contributed by atoms with Gasteiger partial charge in [0.2, 0.25) is 0 Å². The minimum Gasteiger partial charge on any atom is -0.480 e. The van der Waals surface area contributed by atoms with Crippen LogP contribution in [-0.4, -0.2) is 35.8 Å². The molecule has 0 aliphatic rings. The molecule has 0 aromatic carbocycles. The van der Waals surface area contributed by atoms with Gasteiger partial charge in [-0.15, -0.1) is 0 Å². The minimum atomic E-state index is -0.988. The number of carboxylic acids is 1. The molecule has 0 bridgehead atoms. The lowest BCUT2D eigenvalue weighted by Gasteiger charge is -2.19. The monoisotopic (exact) mass is 288 g/mol. The first-order valence-corrected chi connectivity index (χ1v) is 6.44. The maximum absolute atomic E-state index is 11.4. The summed E-state index contributed by atoms with van der Waals surface area (Å²) < 4.78 is 0. The number of hydrogen-bond acceptors (Lipinski definition) is 4. The fraction of sp³-hybridized carbons (Fsp3) is 0.769. The first-order valence-electron chi connectivity index (χ1n) is 6.44. The fourth-order valence-corrected chi connectivity index (χ4v) is 1.31. The standard InChI is InChI=1S/C12H24N2O3.CO2/c1-5-6-9(10(15)16)14-11(17)13-8-7-12(2,3)4;2-1-3/h9H,5-8H2,1-4H3,(H,15,16)(H2,13,14,17);/t9-;/m0./s1. The predicted molar refractivity (Wildman–Crippen MR) is 71.9 cm³/mol. The van der Waals surface area contributed by atoms with Gasteiger partial charge in [-0.3, -0.25) is 0 Å². The van der Waals surface area contributed by atoms with E-state index >= 15 is 0 Å². The van der Waals surface area contributed by atoms with Crippen molar-refractivity contribution in [2.24, 2.45) is 5.41 Å². The van der Waals surface area contributed by atoms with E-state index < -0.39 is 18.0 Å². The van der Waals surface area contributed by atoms with Crippen LogP contribution in [-0.2, 0) is 14.4 Å². The van der Waals surface area contributed by atoms with E-state index in [-0.39, 0.29) is 11.6 Å². The van der Waals surface area contributed by atoms with E-state index in [4.69, 9.17) is 14.7 Å². The highest BCUT2D eigenvalue weighted by Crippen LogP contribution is 2.16. The summed E-state index contributed by atoms with van der Waals surface area (Å²) in [5.41, 5.74) is 0.156. The third-order valence-corrected chi connectivity index (χ3v) is 2.34. The highest BCUT2D eigenvalue weighted by molar-refractivity contribution is 5.82. The first kappa shape index (κ1) is 20.4. The van der Waals surface area contributed by atoms with Crippen molar-refractivity contribution in [1.82, 2.24) is 10.6 Å². The van der Waals surface area contributed by atoms with Crippen LogP contribution in [0, 0.1) is 5.41 Å². The van der Waals surface area contributed by atoms with Gasteiger partial charge >= 0.3 is 18.2 Å². The molecule has 7 nitrogen and oxygen atoms in total. The number of urea groups is 1. The summed E-state index contributed by atoms with van der Waals surface area (Å²) in [6, 6.07) is -1.20. The molecule has 0 saturated heterocycles. The molecular weight excluding hydrogens is 264 g/mol. The van der Waals surface area contributed by atoms with Gasteiger partial charge in [0.05, 0.1) is 0 Å². The van der Waals surface area contributed by atoms with Crippen molar-refractivity contribution in [1.29, 1.82) is 0 Å². The Kier molecular flexibility index (Phi) is 11.2. The zero-order chi connectivity index (χ0) is 16.2. The number of rotatable bonds is 6. The molecule has 0 aliphatic heterocycles. The Balaban J connectivity index is 0. The molecular formula is C13H24N2O5. The van der Waals surface area contributed by atoms with Crippen molar-refractivity contribution in [2.45, 2.75) is 53.0 Å². The molecule has 0 saturated carbocycles. The quantitative estimate of drug-likeness (QED) is 0.683. The first-order chi connectivity index (χ1) is 9.17. The number of amides is 2. The van der Waals surface area contributed by atoms with E-state index in [1.165, 1.54) is 0 Å². The van der Waals surface area contributed by atoms with Crippen molar-refractivity contribution in [3.63, 3.8) is 0 Å². The summed E-state index contributed by atoms with van der Waals surface area (Å²) >= 11 is 0. The van der Waals surface area contributed by atoms with Crippen molar-refractivity contribution in [2.75, 3.05) is 6.54 Å². The van der Waals surface area contributed by atoms with Gasteiger partial charge in [-0.25, -0.2) is 9.59 Å². The topological polar surface area (TPSA) is 113 Å². The molecule has 0 fully saturated rings. The normalized spacial score (nSPS) is 11.4. The maximum Gasteiger partial charge on any atom is 0.373 e. The lowest BCUT2D eigenvalue weighted by Crippen LogP contribution is -2.46. The molecule has 116 valence electrons. The molecule has 0 radical (unpaired) electrons. The SMILES string of the molecule is CCC[C@H](NC(=O)NCCC(C)(C)C)C(=O)O.O=C=O. The van der Waals surface area contributed by atoms with E-state index in [9.17, 15) is 9.59 Å². The summed E-state index contributed by atoms with van der Waals surface area (Å²) in [6.45, 7) is 8.69. The zero-order valence-electron chi connectivity index (χ0n) is 12.5. The van der Waals surface area contributed by atoms with Crippen molar-refractivity contribution in [3.8, 4) is 0 Å². The molecule has 0 heterocycles. The van der Waals surface area contributed by atoms with E-state index in [0.717, 1.165) is 12.8 Å². The van der Waals surface area contributed by atoms with E-state index in [0.29, 0.717) is 13.0 Å². The van der Waals surface area contributed by atoms with Crippen LogP contribution in [0.15, 0.2) is 0 Å². The van der Waals surface area contributed by atoms with E-state index in [2.05, 4.69) is 31.4 Å².